The molecular weight excluding hydrogens is 427 g/mol. The monoisotopic (exact) mass is 450 g/mol. The molecule has 2 aromatic carbocycles. The molecule has 0 bridgehead atoms. The van der Waals surface area contributed by atoms with Gasteiger partial charge in [0.05, 0.1) is 22.7 Å². The van der Waals surface area contributed by atoms with Crippen molar-refractivity contribution in [2.75, 3.05) is 30.1 Å². The standard InChI is InChI=1S/C24H23FN4O2S/c1-28(2)17-11-9-16(10-12-17)14-29-23(31)18-6-5-7-19(25)22(18)24(29)32-15-21(30)27-20-8-3-4-13-26-20/h3-13,31H,14-15H2,1-2H3,(H,26,27,30). The lowest BCUT2D eigenvalue weighted by Gasteiger charge is -2.14. The molecule has 4 aromatic rings. The summed E-state index contributed by atoms with van der Waals surface area (Å²) in [5.41, 5.74) is 2.01. The van der Waals surface area contributed by atoms with E-state index >= 15 is 0 Å². The third-order valence-corrected chi connectivity index (χ3v) is 6.14. The van der Waals surface area contributed by atoms with E-state index in [-0.39, 0.29) is 17.5 Å². The highest BCUT2D eigenvalue weighted by Gasteiger charge is 2.21. The number of benzene rings is 2. The van der Waals surface area contributed by atoms with Crippen LogP contribution in [-0.2, 0) is 11.3 Å². The second kappa shape index (κ2) is 9.32. The first-order chi connectivity index (χ1) is 15.4. The van der Waals surface area contributed by atoms with Gasteiger partial charge in [0.25, 0.3) is 0 Å². The van der Waals surface area contributed by atoms with Crippen LogP contribution >= 0.6 is 11.8 Å². The van der Waals surface area contributed by atoms with E-state index in [4.69, 9.17) is 0 Å². The van der Waals surface area contributed by atoms with Crippen molar-refractivity contribution in [2.45, 2.75) is 11.6 Å². The van der Waals surface area contributed by atoms with Crippen molar-refractivity contribution in [1.29, 1.82) is 0 Å². The average molecular weight is 451 g/mol. The van der Waals surface area contributed by atoms with E-state index in [1.54, 1.807) is 41.1 Å². The largest absolute Gasteiger partial charge is 0.494 e. The normalized spacial score (nSPS) is 11.0. The third kappa shape index (κ3) is 4.55. The minimum atomic E-state index is -0.438. The molecule has 0 unspecified atom stereocenters. The summed E-state index contributed by atoms with van der Waals surface area (Å²) in [5.74, 6) is -0.228. The summed E-state index contributed by atoms with van der Waals surface area (Å²) < 4.78 is 16.4. The van der Waals surface area contributed by atoms with E-state index in [1.807, 2.05) is 43.3 Å². The van der Waals surface area contributed by atoms with Crippen molar-refractivity contribution in [3.8, 4) is 5.88 Å². The summed E-state index contributed by atoms with van der Waals surface area (Å²) >= 11 is 1.18. The number of carbonyl (C=O) groups excluding carboxylic acids is 1. The number of fused-ring (bicyclic) bond motifs is 1. The lowest BCUT2D eigenvalue weighted by atomic mass is 10.2. The Morgan fingerprint density at radius 1 is 1.12 bits per heavy atom. The maximum absolute atomic E-state index is 14.7. The van der Waals surface area contributed by atoms with Crippen LogP contribution in [0.2, 0.25) is 0 Å². The zero-order valence-corrected chi connectivity index (χ0v) is 18.6. The van der Waals surface area contributed by atoms with Crippen LogP contribution in [0, 0.1) is 5.82 Å². The predicted molar refractivity (Wildman–Crippen MR) is 127 cm³/mol. The molecule has 2 heterocycles. The number of thioether (sulfide) groups is 1. The second-order valence-electron chi connectivity index (χ2n) is 7.49. The summed E-state index contributed by atoms with van der Waals surface area (Å²) in [5, 5.41) is 14.8. The number of rotatable bonds is 7. The highest BCUT2D eigenvalue weighted by atomic mass is 32.2. The summed E-state index contributed by atoms with van der Waals surface area (Å²) in [6, 6.07) is 17.8. The Bertz CT molecular complexity index is 1240. The van der Waals surface area contributed by atoms with Gasteiger partial charge in [-0.25, -0.2) is 9.37 Å². The first-order valence-electron chi connectivity index (χ1n) is 10.0. The molecule has 1 amide bonds. The molecule has 164 valence electrons. The molecule has 32 heavy (non-hydrogen) atoms. The quantitative estimate of drug-likeness (QED) is 0.399. The van der Waals surface area contributed by atoms with E-state index in [0.717, 1.165) is 11.3 Å². The summed E-state index contributed by atoms with van der Waals surface area (Å²) in [4.78, 5) is 18.5. The molecule has 2 aromatic heterocycles. The van der Waals surface area contributed by atoms with Crippen molar-refractivity contribution in [2.24, 2.45) is 0 Å². The topological polar surface area (TPSA) is 70.4 Å². The fraction of sp³-hybridized carbons (Fsp3) is 0.167. The van der Waals surface area contributed by atoms with Crippen LogP contribution in [0.5, 0.6) is 5.88 Å². The number of nitrogens with zero attached hydrogens (tertiary/aromatic N) is 3. The zero-order chi connectivity index (χ0) is 22.7. The molecule has 0 aliphatic heterocycles. The van der Waals surface area contributed by atoms with E-state index < -0.39 is 5.82 Å². The molecule has 4 rings (SSSR count). The van der Waals surface area contributed by atoms with Crippen LogP contribution in [0.4, 0.5) is 15.9 Å². The van der Waals surface area contributed by atoms with Crippen LogP contribution < -0.4 is 10.2 Å². The fourth-order valence-corrected chi connectivity index (χ4v) is 4.43. The van der Waals surface area contributed by atoms with Gasteiger partial charge in [0, 0.05) is 31.4 Å². The molecule has 6 nitrogen and oxygen atoms in total. The van der Waals surface area contributed by atoms with Gasteiger partial charge >= 0.3 is 0 Å². The molecule has 2 N–H and O–H groups in total. The van der Waals surface area contributed by atoms with Crippen molar-refractivity contribution < 1.29 is 14.3 Å². The van der Waals surface area contributed by atoms with Gasteiger partial charge in [-0.2, -0.15) is 0 Å². The number of aromatic nitrogens is 2. The highest BCUT2D eigenvalue weighted by Crippen LogP contribution is 2.39. The first-order valence-corrected chi connectivity index (χ1v) is 11.0. The molecular formula is C24H23FN4O2S. The minimum Gasteiger partial charge on any atom is -0.494 e. The molecule has 0 fully saturated rings. The van der Waals surface area contributed by atoms with Crippen LogP contribution in [-0.4, -0.2) is 40.4 Å². The zero-order valence-electron chi connectivity index (χ0n) is 17.7. The van der Waals surface area contributed by atoms with Crippen molar-refractivity contribution in [3.05, 3.63) is 78.2 Å². The SMILES string of the molecule is CN(C)c1ccc(Cn2c(O)c3cccc(F)c3c2SCC(=O)Nc2ccccn2)cc1. The Kier molecular flexibility index (Phi) is 6.32. The molecule has 0 atom stereocenters. The smallest absolute Gasteiger partial charge is 0.235 e. The summed E-state index contributed by atoms with van der Waals surface area (Å²) in [6.07, 6.45) is 1.59. The molecule has 0 radical (unpaired) electrons. The number of pyridine rings is 1. The minimum absolute atomic E-state index is 0.0242. The van der Waals surface area contributed by atoms with E-state index in [2.05, 4.69) is 10.3 Å². The first kappa shape index (κ1) is 21.7. The van der Waals surface area contributed by atoms with Crippen molar-refractivity contribution in [3.63, 3.8) is 0 Å². The Balaban J connectivity index is 1.63. The summed E-state index contributed by atoms with van der Waals surface area (Å²) in [7, 11) is 3.93. The fourth-order valence-electron chi connectivity index (χ4n) is 3.43. The van der Waals surface area contributed by atoms with Gasteiger partial charge in [-0.15, -0.1) is 0 Å². The number of nitrogens with one attached hydrogen (secondary N) is 1. The van der Waals surface area contributed by atoms with Crippen LogP contribution in [0.25, 0.3) is 10.8 Å². The molecule has 0 saturated heterocycles. The average Bonchev–Trinajstić information content (AvgIpc) is 3.05. The van der Waals surface area contributed by atoms with Crippen molar-refractivity contribution >= 4 is 39.9 Å². The molecule has 0 aliphatic rings. The number of hydrogen-bond donors (Lipinski definition) is 2. The van der Waals surface area contributed by atoms with Crippen molar-refractivity contribution in [1.82, 2.24) is 9.55 Å². The molecule has 0 spiro atoms. The van der Waals surface area contributed by atoms with Gasteiger partial charge in [0.2, 0.25) is 5.91 Å². The van der Waals surface area contributed by atoms with Gasteiger partial charge in [0.1, 0.15) is 11.6 Å². The van der Waals surface area contributed by atoms with Gasteiger partial charge < -0.3 is 19.9 Å². The second-order valence-corrected chi connectivity index (χ2v) is 8.45. The molecule has 8 heteroatoms. The van der Waals surface area contributed by atoms with Crippen LogP contribution in [0.15, 0.2) is 71.9 Å². The predicted octanol–water partition coefficient (Wildman–Crippen LogP) is 4.73. The Labute approximate surface area is 189 Å². The number of aromatic hydroxyl groups is 1. The molecule has 0 aliphatic carbocycles. The van der Waals surface area contributed by atoms with Gasteiger partial charge in [0.15, 0.2) is 5.88 Å². The molecule has 0 saturated carbocycles. The number of halogens is 1. The summed E-state index contributed by atoms with van der Waals surface area (Å²) in [6.45, 7) is 0.345. The Morgan fingerprint density at radius 2 is 1.91 bits per heavy atom. The Hall–Kier alpha value is -3.52. The highest BCUT2D eigenvalue weighted by molar-refractivity contribution is 8.00. The lowest BCUT2D eigenvalue weighted by molar-refractivity contribution is -0.113. The maximum Gasteiger partial charge on any atom is 0.235 e. The maximum atomic E-state index is 14.7. The van der Waals surface area contributed by atoms with Crippen LogP contribution in [0.1, 0.15) is 5.56 Å². The van der Waals surface area contributed by atoms with E-state index in [9.17, 15) is 14.3 Å². The van der Waals surface area contributed by atoms with Gasteiger partial charge in [-0.05, 0) is 42.0 Å². The number of anilines is 2. The number of hydrogen-bond acceptors (Lipinski definition) is 5. The van der Waals surface area contributed by atoms with Gasteiger partial charge in [-0.1, -0.05) is 36.0 Å². The van der Waals surface area contributed by atoms with Gasteiger partial charge in [-0.3, -0.25) is 4.79 Å². The van der Waals surface area contributed by atoms with Crippen LogP contribution in [0.3, 0.4) is 0 Å². The van der Waals surface area contributed by atoms with E-state index in [1.165, 1.54) is 17.8 Å². The number of amides is 1. The van der Waals surface area contributed by atoms with E-state index in [0.29, 0.717) is 28.2 Å². The third-order valence-electron chi connectivity index (χ3n) is 5.03. The number of carbonyl (C=O) groups is 1. The Morgan fingerprint density at radius 3 is 2.59 bits per heavy atom. The lowest BCUT2D eigenvalue weighted by Crippen LogP contribution is -2.15.